The van der Waals surface area contributed by atoms with Crippen molar-refractivity contribution in [3.8, 4) is 0 Å². The Labute approximate surface area is 110 Å². The quantitative estimate of drug-likeness (QED) is 0.710. The summed E-state index contributed by atoms with van der Waals surface area (Å²) in [6, 6.07) is 0.212. The van der Waals surface area contributed by atoms with E-state index < -0.39 is 5.54 Å². The van der Waals surface area contributed by atoms with Crippen LogP contribution < -0.4 is 5.32 Å². The van der Waals surface area contributed by atoms with Crippen molar-refractivity contribution in [2.45, 2.75) is 58.0 Å². The highest BCUT2D eigenvalue weighted by Gasteiger charge is 2.35. The van der Waals surface area contributed by atoms with Crippen LogP contribution in [0.4, 0.5) is 0 Å². The van der Waals surface area contributed by atoms with Gasteiger partial charge in [-0.05, 0) is 39.5 Å². The SMILES string of the molecule is COC(=O)C(C)(COCC1CCCC1)NC(C)C. The molecule has 1 aliphatic carbocycles. The molecule has 0 aromatic carbocycles. The highest BCUT2D eigenvalue weighted by molar-refractivity contribution is 5.80. The van der Waals surface area contributed by atoms with E-state index in [0.717, 1.165) is 6.61 Å². The standard InChI is InChI=1S/C14H27NO3/c1-11(2)15-14(3,13(16)17-4)10-18-9-12-7-5-6-8-12/h11-12,15H,5-10H2,1-4H3. The summed E-state index contributed by atoms with van der Waals surface area (Å²) >= 11 is 0. The van der Waals surface area contributed by atoms with Gasteiger partial charge in [0, 0.05) is 12.6 Å². The third-order valence-electron chi connectivity index (χ3n) is 3.46. The van der Waals surface area contributed by atoms with E-state index in [2.05, 4.69) is 5.32 Å². The topological polar surface area (TPSA) is 47.6 Å². The maximum Gasteiger partial charge on any atom is 0.328 e. The molecule has 0 heterocycles. The summed E-state index contributed by atoms with van der Waals surface area (Å²) in [5, 5.41) is 3.23. The van der Waals surface area contributed by atoms with Crippen molar-refractivity contribution in [1.82, 2.24) is 5.32 Å². The molecule has 18 heavy (non-hydrogen) atoms. The maximum absolute atomic E-state index is 11.8. The Morgan fingerprint density at radius 1 is 1.39 bits per heavy atom. The van der Waals surface area contributed by atoms with Crippen LogP contribution in [0.5, 0.6) is 0 Å². The molecular weight excluding hydrogens is 230 g/mol. The number of esters is 1. The second-order valence-corrected chi connectivity index (χ2v) is 5.79. The third kappa shape index (κ3) is 4.58. The fraction of sp³-hybridized carbons (Fsp3) is 0.929. The fourth-order valence-corrected chi connectivity index (χ4v) is 2.63. The van der Waals surface area contributed by atoms with Crippen LogP contribution in [0.25, 0.3) is 0 Å². The first kappa shape index (κ1) is 15.4. The van der Waals surface area contributed by atoms with Crippen molar-refractivity contribution in [3.63, 3.8) is 0 Å². The molecule has 0 aromatic heterocycles. The number of nitrogens with one attached hydrogen (secondary N) is 1. The van der Waals surface area contributed by atoms with Gasteiger partial charge in [0.05, 0.1) is 13.7 Å². The second-order valence-electron chi connectivity index (χ2n) is 5.79. The zero-order chi connectivity index (χ0) is 13.6. The molecule has 0 bridgehead atoms. The Morgan fingerprint density at radius 2 is 2.00 bits per heavy atom. The van der Waals surface area contributed by atoms with E-state index in [1.165, 1.54) is 32.8 Å². The van der Waals surface area contributed by atoms with Crippen LogP contribution in [0.15, 0.2) is 0 Å². The second kappa shape index (κ2) is 7.10. The Balaban J connectivity index is 2.42. The zero-order valence-electron chi connectivity index (χ0n) is 12.1. The van der Waals surface area contributed by atoms with E-state index in [1.54, 1.807) is 0 Å². The van der Waals surface area contributed by atoms with Gasteiger partial charge in [0.2, 0.25) is 0 Å². The lowest BCUT2D eigenvalue weighted by Gasteiger charge is -2.30. The number of hydrogen-bond donors (Lipinski definition) is 1. The summed E-state index contributed by atoms with van der Waals surface area (Å²) in [7, 11) is 1.42. The number of methoxy groups -OCH3 is 1. The third-order valence-corrected chi connectivity index (χ3v) is 3.46. The average molecular weight is 257 g/mol. The Morgan fingerprint density at radius 3 is 2.50 bits per heavy atom. The van der Waals surface area contributed by atoms with Gasteiger partial charge in [-0.15, -0.1) is 0 Å². The van der Waals surface area contributed by atoms with E-state index in [9.17, 15) is 4.79 Å². The summed E-state index contributed by atoms with van der Waals surface area (Å²) in [5.41, 5.74) is -0.748. The first-order valence-electron chi connectivity index (χ1n) is 6.92. The molecule has 0 spiro atoms. The summed E-state index contributed by atoms with van der Waals surface area (Å²) in [4.78, 5) is 11.8. The fourth-order valence-electron chi connectivity index (χ4n) is 2.63. The normalized spacial score (nSPS) is 20.1. The van der Waals surface area contributed by atoms with Crippen LogP contribution in [0, 0.1) is 5.92 Å². The van der Waals surface area contributed by atoms with Crippen molar-refractivity contribution in [2.24, 2.45) is 5.92 Å². The number of hydrogen-bond acceptors (Lipinski definition) is 4. The largest absolute Gasteiger partial charge is 0.468 e. The molecule has 1 unspecified atom stereocenters. The molecule has 106 valence electrons. The van der Waals surface area contributed by atoms with Gasteiger partial charge in [0.1, 0.15) is 5.54 Å². The predicted octanol–water partition coefficient (Wildman–Crippen LogP) is 2.12. The van der Waals surface area contributed by atoms with E-state index >= 15 is 0 Å². The van der Waals surface area contributed by atoms with Gasteiger partial charge in [0.15, 0.2) is 0 Å². The van der Waals surface area contributed by atoms with Gasteiger partial charge in [-0.2, -0.15) is 0 Å². The summed E-state index contributed by atoms with van der Waals surface area (Å²) in [5.74, 6) is 0.411. The van der Waals surface area contributed by atoms with Crippen LogP contribution in [-0.2, 0) is 14.3 Å². The average Bonchev–Trinajstić information content (AvgIpc) is 2.80. The predicted molar refractivity (Wildman–Crippen MR) is 71.5 cm³/mol. The minimum absolute atomic E-state index is 0.212. The van der Waals surface area contributed by atoms with E-state index in [1.807, 2.05) is 20.8 Å². The van der Waals surface area contributed by atoms with Crippen molar-refractivity contribution in [3.05, 3.63) is 0 Å². The Kier molecular flexibility index (Phi) is 6.09. The van der Waals surface area contributed by atoms with Gasteiger partial charge < -0.3 is 9.47 Å². The van der Waals surface area contributed by atoms with Crippen LogP contribution in [0.2, 0.25) is 0 Å². The van der Waals surface area contributed by atoms with Gasteiger partial charge >= 0.3 is 5.97 Å². The van der Waals surface area contributed by atoms with Gasteiger partial charge in [-0.1, -0.05) is 12.8 Å². The molecule has 1 atom stereocenters. The monoisotopic (exact) mass is 257 g/mol. The van der Waals surface area contributed by atoms with Gasteiger partial charge in [-0.25, -0.2) is 4.79 Å². The highest BCUT2D eigenvalue weighted by atomic mass is 16.5. The molecule has 1 N–H and O–H groups in total. The van der Waals surface area contributed by atoms with Crippen LogP contribution in [0.1, 0.15) is 46.5 Å². The molecule has 4 nitrogen and oxygen atoms in total. The van der Waals surface area contributed by atoms with E-state index in [4.69, 9.17) is 9.47 Å². The number of rotatable bonds is 7. The molecular formula is C14H27NO3. The highest BCUT2D eigenvalue weighted by Crippen LogP contribution is 2.25. The molecule has 0 radical (unpaired) electrons. The maximum atomic E-state index is 11.8. The molecule has 0 aromatic rings. The summed E-state index contributed by atoms with van der Waals surface area (Å²) < 4.78 is 10.6. The first-order chi connectivity index (χ1) is 8.48. The number of ether oxygens (including phenoxy) is 2. The minimum Gasteiger partial charge on any atom is -0.468 e. The number of carbonyl (C=O) groups is 1. The van der Waals surface area contributed by atoms with E-state index in [-0.39, 0.29) is 12.0 Å². The van der Waals surface area contributed by atoms with Crippen LogP contribution in [0.3, 0.4) is 0 Å². The minimum atomic E-state index is -0.748. The lowest BCUT2D eigenvalue weighted by atomic mass is 10.0. The lowest BCUT2D eigenvalue weighted by molar-refractivity contribution is -0.151. The van der Waals surface area contributed by atoms with Crippen molar-refractivity contribution in [2.75, 3.05) is 20.3 Å². The van der Waals surface area contributed by atoms with Crippen LogP contribution in [-0.4, -0.2) is 37.9 Å². The Bertz CT molecular complexity index is 262. The molecule has 1 aliphatic rings. The molecule has 1 saturated carbocycles. The first-order valence-corrected chi connectivity index (χ1v) is 6.92. The van der Waals surface area contributed by atoms with E-state index in [0.29, 0.717) is 12.5 Å². The lowest BCUT2D eigenvalue weighted by Crippen LogP contribution is -2.56. The van der Waals surface area contributed by atoms with Crippen molar-refractivity contribution < 1.29 is 14.3 Å². The molecule has 0 aliphatic heterocycles. The molecule has 1 rings (SSSR count). The van der Waals surface area contributed by atoms with Crippen molar-refractivity contribution in [1.29, 1.82) is 0 Å². The Hall–Kier alpha value is -0.610. The summed E-state index contributed by atoms with van der Waals surface area (Å²) in [6.07, 6.45) is 5.14. The van der Waals surface area contributed by atoms with Crippen molar-refractivity contribution >= 4 is 5.97 Å². The number of carbonyl (C=O) groups excluding carboxylic acids is 1. The van der Waals surface area contributed by atoms with Gasteiger partial charge in [-0.3, -0.25) is 5.32 Å². The zero-order valence-corrected chi connectivity index (χ0v) is 12.1. The van der Waals surface area contributed by atoms with Gasteiger partial charge in [0.25, 0.3) is 0 Å². The molecule has 0 amide bonds. The summed E-state index contributed by atoms with van der Waals surface area (Å²) in [6.45, 7) is 6.99. The molecule has 4 heteroatoms. The smallest absolute Gasteiger partial charge is 0.328 e. The molecule has 1 fully saturated rings. The van der Waals surface area contributed by atoms with Crippen LogP contribution >= 0.6 is 0 Å². The molecule has 0 saturated heterocycles.